The molecule has 0 saturated heterocycles. The minimum Gasteiger partial charge on any atom is -0.383 e. The van der Waals surface area contributed by atoms with Gasteiger partial charge in [0.2, 0.25) is 5.91 Å². The Morgan fingerprint density at radius 3 is 2.61 bits per heavy atom. The second-order valence-electron chi connectivity index (χ2n) is 5.71. The van der Waals surface area contributed by atoms with Crippen LogP contribution in [0.4, 0.5) is 16.2 Å². The first-order valence-corrected chi connectivity index (χ1v) is 8.84. The Bertz CT molecular complexity index is 774. The molecule has 4 N–H and O–H groups in total. The highest BCUT2D eigenvalue weighted by Gasteiger charge is 2.06. The predicted octanol–water partition coefficient (Wildman–Crippen LogP) is 3.26. The molecule has 28 heavy (non-hydrogen) atoms. The van der Waals surface area contributed by atoms with Gasteiger partial charge in [0.1, 0.15) is 0 Å². The van der Waals surface area contributed by atoms with Crippen LogP contribution < -0.4 is 21.3 Å². The lowest BCUT2D eigenvalue weighted by Crippen LogP contribution is -2.30. The number of urea groups is 1. The van der Waals surface area contributed by atoms with Crippen molar-refractivity contribution in [3.63, 3.8) is 0 Å². The van der Waals surface area contributed by atoms with Crippen LogP contribution in [0.3, 0.4) is 0 Å². The summed E-state index contributed by atoms with van der Waals surface area (Å²) < 4.78 is 4.91. The van der Waals surface area contributed by atoms with Crippen molar-refractivity contribution in [3.8, 4) is 0 Å². The molecular weight excluding hydrogens is 403 g/mol. The van der Waals surface area contributed by atoms with Crippen molar-refractivity contribution >= 4 is 47.3 Å². The fourth-order valence-corrected chi connectivity index (χ4v) is 2.43. The van der Waals surface area contributed by atoms with E-state index < -0.39 is 0 Å². The average molecular weight is 427 g/mol. The van der Waals surface area contributed by atoms with Gasteiger partial charge in [-0.15, -0.1) is 12.4 Å². The van der Waals surface area contributed by atoms with Gasteiger partial charge < -0.3 is 26.0 Å². The fraction of sp³-hybridized carbons (Fsp3) is 0.263. The van der Waals surface area contributed by atoms with Crippen LogP contribution in [0.1, 0.15) is 5.56 Å². The summed E-state index contributed by atoms with van der Waals surface area (Å²) >= 11 is 6.01. The Morgan fingerprint density at radius 1 is 1.07 bits per heavy atom. The maximum absolute atomic E-state index is 12.0. The predicted molar refractivity (Wildman–Crippen MR) is 114 cm³/mol. The zero-order valence-electron chi connectivity index (χ0n) is 15.5. The van der Waals surface area contributed by atoms with Gasteiger partial charge in [0, 0.05) is 25.9 Å². The quantitative estimate of drug-likeness (QED) is 0.463. The van der Waals surface area contributed by atoms with Gasteiger partial charge in [-0.2, -0.15) is 0 Å². The minimum absolute atomic E-state index is 0. The van der Waals surface area contributed by atoms with Crippen molar-refractivity contribution in [3.05, 3.63) is 59.1 Å². The molecule has 7 nitrogen and oxygen atoms in total. The average Bonchev–Trinajstić information content (AvgIpc) is 2.66. The number of methoxy groups -OCH3 is 1. The number of hydrogen-bond acceptors (Lipinski definition) is 4. The molecule has 0 fully saturated rings. The smallest absolute Gasteiger partial charge is 0.319 e. The van der Waals surface area contributed by atoms with E-state index in [1.807, 2.05) is 18.2 Å². The molecule has 0 bridgehead atoms. The summed E-state index contributed by atoms with van der Waals surface area (Å²) in [6, 6.07) is 13.9. The number of carbonyl (C=O) groups excluding carboxylic acids is 2. The summed E-state index contributed by atoms with van der Waals surface area (Å²) in [7, 11) is 1.61. The summed E-state index contributed by atoms with van der Waals surface area (Å²) in [5.41, 5.74) is 2.06. The van der Waals surface area contributed by atoms with Crippen molar-refractivity contribution < 1.29 is 14.3 Å². The monoisotopic (exact) mass is 426 g/mol. The number of halogens is 2. The van der Waals surface area contributed by atoms with E-state index in [0.717, 1.165) is 5.56 Å². The molecule has 3 amide bonds. The Morgan fingerprint density at radius 2 is 1.86 bits per heavy atom. The molecule has 0 unspecified atom stereocenters. The normalized spacial score (nSPS) is 9.93. The minimum atomic E-state index is -0.361. The molecule has 0 radical (unpaired) electrons. The zero-order chi connectivity index (χ0) is 19.5. The SMILES string of the molecule is COCCNCC(=O)Nc1cccc(CNC(=O)Nc2ccccc2Cl)c1.Cl. The van der Waals surface area contributed by atoms with Crippen molar-refractivity contribution in [1.29, 1.82) is 0 Å². The summed E-state index contributed by atoms with van der Waals surface area (Å²) in [5.74, 6) is -0.146. The molecule has 0 spiro atoms. The van der Waals surface area contributed by atoms with E-state index in [1.54, 1.807) is 37.4 Å². The zero-order valence-corrected chi connectivity index (χ0v) is 17.0. The number of anilines is 2. The van der Waals surface area contributed by atoms with Crippen LogP contribution in [-0.2, 0) is 16.1 Å². The van der Waals surface area contributed by atoms with Gasteiger partial charge in [0.15, 0.2) is 0 Å². The molecule has 2 aromatic rings. The number of rotatable bonds is 9. The van der Waals surface area contributed by atoms with Gasteiger partial charge in [0.25, 0.3) is 0 Å². The fourth-order valence-electron chi connectivity index (χ4n) is 2.25. The van der Waals surface area contributed by atoms with Gasteiger partial charge in [-0.05, 0) is 29.8 Å². The van der Waals surface area contributed by atoms with E-state index in [1.165, 1.54) is 0 Å². The maximum Gasteiger partial charge on any atom is 0.319 e. The Balaban J connectivity index is 0.00000392. The number of nitrogens with one attached hydrogen (secondary N) is 4. The molecule has 2 rings (SSSR count). The van der Waals surface area contributed by atoms with Crippen LogP contribution in [0.5, 0.6) is 0 Å². The molecule has 0 aliphatic heterocycles. The molecule has 2 aromatic carbocycles. The van der Waals surface area contributed by atoms with Crippen LogP contribution in [-0.4, -0.2) is 38.7 Å². The second kappa shape index (κ2) is 13.0. The molecule has 9 heteroatoms. The molecule has 0 aliphatic carbocycles. The first-order valence-electron chi connectivity index (χ1n) is 8.46. The first-order chi connectivity index (χ1) is 13.1. The number of benzene rings is 2. The number of para-hydroxylation sites is 1. The largest absolute Gasteiger partial charge is 0.383 e. The number of ether oxygens (including phenoxy) is 1. The van der Waals surface area contributed by atoms with Gasteiger partial charge in [-0.25, -0.2) is 4.79 Å². The molecule has 0 atom stereocenters. The van der Waals surface area contributed by atoms with Gasteiger partial charge in [-0.3, -0.25) is 4.79 Å². The maximum atomic E-state index is 12.0. The third-order valence-electron chi connectivity index (χ3n) is 3.55. The lowest BCUT2D eigenvalue weighted by Gasteiger charge is -2.10. The molecule has 0 aliphatic rings. The van der Waals surface area contributed by atoms with Crippen LogP contribution in [0.15, 0.2) is 48.5 Å². The third kappa shape index (κ3) is 8.58. The Hall–Kier alpha value is -2.32. The van der Waals surface area contributed by atoms with Crippen LogP contribution in [0.25, 0.3) is 0 Å². The topological polar surface area (TPSA) is 91.5 Å². The molecule has 0 aromatic heterocycles. The van der Waals surface area contributed by atoms with Gasteiger partial charge in [0.05, 0.1) is 23.9 Å². The summed E-state index contributed by atoms with van der Waals surface area (Å²) in [6.07, 6.45) is 0. The van der Waals surface area contributed by atoms with E-state index in [2.05, 4.69) is 21.3 Å². The van der Waals surface area contributed by atoms with Crippen molar-refractivity contribution in [2.24, 2.45) is 0 Å². The Labute approximate surface area is 175 Å². The highest BCUT2D eigenvalue weighted by Crippen LogP contribution is 2.20. The second-order valence-corrected chi connectivity index (χ2v) is 6.11. The lowest BCUT2D eigenvalue weighted by molar-refractivity contribution is -0.115. The summed E-state index contributed by atoms with van der Waals surface area (Å²) in [6.45, 7) is 1.66. The molecular formula is C19H24Cl2N4O3. The van der Waals surface area contributed by atoms with Crippen molar-refractivity contribution in [2.45, 2.75) is 6.54 Å². The van der Waals surface area contributed by atoms with Crippen LogP contribution in [0, 0.1) is 0 Å². The van der Waals surface area contributed by atoms with E-state index in [0.29, 0.717) is 36.1 Å². The van der Waals surface area contributed by atoms with E-state index in [-0.39, 0.29) is 30.9 Å². The summed E-state index contributed by atoms with van der Waals surface area (Å²) in [5, 5.41) is 11.7. The van der Waals surface area contributed by atoms with E-state index >= 15 is 0 Å². The summed E-state index contributed by atoms with van der Waals surface area (Å²) in [4.78, 5) is 23.9. The highest BCUT2D eigenvalue weighted by molar-refractivity contribution is 6.33. The van der Waals surface area contributed by atoms with Crippen molar-refractivity contribution in [1.82, 2.24) is 10.6 Å². The van der Waals surface area contributed by atoms with Gasteiger partial charge in [-0.1, -0.05) is 35.9 Å². The first kappa shape index (κ1) is 23.7. The van der Waals surface area contributed by atoms with Crippen molar-refractivity contribution in [2.75, 3.05) is 37.4 Å². The highest BCUT2D eigenvalue weighted by atomic mass is 35.5. The molecule has 0 saturated carbocycles. The van der Waals surface area contributed by atoms with Crippen LogP contribution >= 0.6 is 24.0 Å². The molecule has 152 valence electrons. The van der Waals surface area contributed by atoms with E-state index in [9.17, 15) is 9.59 Å². The number of amides is 3. The number of carbonyl (C=O) groups is 2. The third-order valence-corrected chi connectivity index (χ3v) is 3.88. The molecule has 0 heterocycles. The van der Waals surface area contributed by atoms with Crippen LogP contribution in [0.2, 0.25) is 5.02 Å². The van der Waals surface area contributed by atoms with Gasteiger partial charge >= 0.3 is 6.03 Å². The Kier molecular flexibility index (Phi) is 11.0. The lowest BCUT2D eigenvalue weighted by atomic mass is 10.2. The number of hydrogen-bond donors (Lipinski definition) is 4. The standard InChI is InChI=1S/C19H23ClN4O3.ClH/c1-27-10-9-21-13-18(25)23-15-6-4-5-14(11-15)12-22-19(26)24-17-8-3-2-7-16(17)20;/h2-8,11,21H,9-10,12-13H2,1H3,(H,23,25)(H2,22,24,26);1H. The van der Waals surface area contributed by atoms with E-state index in [4.69, 9.17) is 16.3 Å².